The van der Waals surface area contributed by atoms with Crippen molar-refractivity contribution in [1.29, 1.82) is 0 Å². The summed E-state index contributed by atoms with van der Waals surface area (Å²) in [4.78, 5) is 0. The van der Waals surface area contributed by atoms with E-state index in [2.05, 4.69) is 6.58 Å². The third-order valence-corrected chi connectivity index (χ3v) is 1.82. The van der Waals surface area contributed by atoms with Crippen LogP contribution in [0.4, 0.5) is 17.6 Å². The third-order valence-electron chi connectivity index (χ3n) is 1.82. The van der Waals surface area contributed by atoms with Gasteiger partial charge in [0.15, 0.2) is 0 Å². The summed E-state index contributed by atoms with van der Waals surface area (Å²) in [5, 5.41) is 0. The fraction of sp³-hybridized carbons (Fsp3) is 0.200. The monoisotopic (exact) mass is 204 g/mol. The predicted molar refractivity (Wildman–Crippen MR) is 46.3 cm³/mol. The first-order chi connectivity index (χ1) is 6.49. The number of halogens is 4. The lowest BCUT2D eigenvalue weighted by Gasteiger charge is -2.11. The van der Waals surface area contributed by atoms with Gasteiger partial charge in [0.25, 0.3) is 0 Å². The van der Waals surface area contributed by atoms with Crippen molar-refractivity contribution in [1.82, 2.24) is 0 Å². The zero-order chi connectivity index (χ0) is 10.8. The molecule has 0 spiro atoms. The topological polar surface area (TPSA) is 0 Å². The standard InChI is InChI=1S/C10H8F4/c1-2-7-3-4-8(6-11)9(5-7)10(12,13)14/h2-5H,1,6H2. The smallest absolute Gasteiger partial charge is 0.246 e. The summed E-state index contributed by atoms with van der Waals surface area (Å²) in [5.41, 5.74) is -0.949. The molecule has 0 aliphatic carbocycles. The molecule has 0 saturated carbocycles. The van der Waals surface area contributed by atoms with Crippen molar-refractivity contribution in [2.24, 2.45) is 0 Å². The Morgan fingerprint density at radius 1 is 1.29 bits per heavy atom. The fourth-order valence-electron chi connectivity index (χ4n) is 1.10. The van der Waals surface area contributed by atoms with E-state index in [1.807, 2.05) is 0 Å². The number of hydrogen-bond acceptors (Lipinski definition) is 0. The first kappa shape index (κ1) is 10.8. The van der Waals surface area contributed by atoms with Crippen molar-refractivity contribution >= 4 is 6.08 Å². The van der Waals surface area contributed by atoms with E-state index in [1.165, 1.54) is 12.1 Å². The van der Waals surface area contributed by atoms with Gasteiger partial charge in [0, 0.05) is 0 Å². The molecular weight excluding hydrogens is 196 g/mol. The van der Waals surface area contributed by atoms with Crippen molar-refractivity contribution < 1.29 is 17.6 Å². The quantitative estimate of drug-likeness (QED) is 0.642. The SMILES string of the molecule is C=Cc1ccc(CF)c(C(F)(F)F)c1. The van der Waals surface area contributed by atoms with Gasteiger partial charge in [-0.25, -0.2) is 4.39 Å². The maximum atomic E-state index is 12.4. The number of benzene rings is 1. The van der Waals surface area contributed by atoms with Crippen LogP contribution in [-0.2, 0) is 12.9 Å². The minimum atomic E-state index is -4.51. The van der Waals surface area contributed by atoms with Gasteiger partial charge < -0.3 is 0 Å². The van der Waals surface area contributed by atoms with Crippen LogP contribution in [0.1, 0.15) is 16.7 Å². The summed E-state index contributed by atoms with van der Waals surface area (Å²) in [6.07, 6.45) is -3.22. The van der Waals surface area contributed by atoms with Gasteiger partial charge in [-0.05, 0) is 17.2 Å². The highest BCUT2D eigenvalue weighted by Gasteiger charge is 2.33. The normalized spacial score (nSPS) is 11.4. The summed E-state index contributed by atoms with van der Waals surface area (Å²) < 4.78 is 49.3. The summed E-state index contributed by atoms with van der Waals surface area (Å²) in [7, 11) is 0. The number of hydrogen-bond donors (Lipinski definition) is 0. The van der Waals surface area contributed by atoms with Crippen LogP contribution in [0.25, 0.3) is 6.08 Å². The minimum absolute atomic E-state index is 0.328. The maximum Gasteiger partial charge on any atom is 0.416 e. The summed E-state index contributed by atoms with van der Waals surface area (Å²) >= 11 is 0. The summed E-state index contributed by atoms with van der Waals surface area (Å²) in [5.74, 6) is 0. The van der Waals surface area contributed by atoms with E-state index in [0.717, 1.165) is 12.1 Å². The van der Waals surface area contributed by atoms with Crippen LogP contribution in [0.3, 0.4) is 0 Å². The lowest BCUT2D eigenvalue weighted by molar-refractivity contribution is -0.138. The Labute approximate surface area is 78.9 Å². The molecule has 0 fully saturated rings. The van der Waals surface area contributed by atoms with Crippen molar-refractivity contribution in [2.45, 2.75) is 12.9 Å². The molecule has 0 radical (unpaired) electrons. The predicted octanol–water partition coefficient (Wildman–Crippen LogP) is 3.82. The van der Waals surface area contributed by atoms with E-state index < -0.39 is 18.4 Å². The van der Waals surface area contributed by atoms with E-state index in [0.29, 0.717) is 5.56 Å². The molecule has 0 heterocycles. The van der Waals surface area contributed by atoms with Crippen LogP contribution in [0.15, 0.2) is 24.8 Å². The van der Waals surface area contributed by atoms with Gasteiger partial charge in [0.2, 0.25) is 0 Å². The van der Waals surface area contributed by atoms with Crippen LogP contribution < -0.4 is 0 Å². The fourth-order valence-corrected chi connectivity index (χ4v) is 1.10. The first-order valence-electron chi connectivity index (χ1n) is 3.87. The second-order valence-corrected chi connectivity index (χ2v) is 2.75. The molecule has 0 aromatic heterocycles. The average Bonchev–Trinajstić information content (AvgIpc) is 2.15. The Hall–Kier alpha value is -1.32. The molecule has 0 atom stereocenters. The molecule has 0 aliphatic rings. The first-order valence-corrected chi connectivity index (χ1v) is 3.87. The Bertz CT molecular complexity index is 338. The summed E-state index contributed by atoms with van der Waals surface area (Å²) in [6.45, 7) is 2.23. The van der Waals surface area contributed by atoms with Gasteiger partial charge in [0.1, 0.15) is 6.67 Å². The highest BCUT2D eigenvalue weighted by molar-refractivity contribution is 5.50. The molecule has 0 saturated heterocycles. The van der Waals surface area contributed by atoms with Crippen LogP contribution in [-0.4, -0.2) is 0 Å². The van der Waals surface area contributed by atoms with Crippen molar-refractivity contribution in [2.75, 3.05) is 0 Å². The number of alkyl halides is 4. The maximum absolute atomic E-state index is 12.4. The molecule has 0 unspecified atom stereocenters. The molecule has 1 aromatic carbocycles. The van der Waals surface area contributed by atoms with Gasteiger partial charge in [-0.3, -0.25) is 0 Å². The molecule has 0 aliphatic heterocycles. The highest BCUT2D eigenvalue weighted by atomic mass is 19.4. The lowest BCUT2D eigenvalue weighted by atomic mass is 10.0. The Morgan fingerprint density at radius 2 is 1.93 bits per heavy atom. The van der Waals surface area contributed by atoms with Crippen molar-refractivity contribution in [3.8, 4) is 0 Å². The van der Waals surface area contributed by atoms with E-state index >= 15 is 0 Å². The molecule has 0 bridgehead atoms. The molecular formula is C10H8F4. The third kappa shape index (κ3) is 2.13. The van der Waals surface area contributed by atoms with Gasteiger partial charge >= 0.3 is 6.18 Å². The molecule has 0 amide bonds. The Morgan fingerprint density at radius 3 is 2.36 bits per heavy atom. The van der Waals surface area contributed by atoms with E-state index in [4.69, 9.17) is 0 Å². The Balaban J connectivity index is 3.29. The van der Waals surface area contributed by atoms with Gasteiger partial charge in [-0.2, -0.15) is 13.2 Å². The van der Waals surface area contributed by atoms with Crippen LogP contribution in [0.5, 0.6) is 0 Å². The minimum Gasteiger partial charge on any atom is -0.246 e. The average molecular weight is 204 g/mol. The molecule has 0 nitrogen and oxygen atoms in total. The largest absolute Gasteiger partial charge is 0.416 e. The molecule has 1 rings (SSSR count). The van der Waals surface area contributed by atoms with E-state index in [9.17, 15) is 17.6 Å². The van der Waals surface area contributed by atoms with Gasteiger partial charge in [-0.1, -0.05) is 24.8 Å². The molecule has 76 valence electrons. The van der Waals surface area contributed by atoms with Crippen LogP contribution >= 0.6 is 0 Å². The molecule has 0 N–H and O–H groups in total. The molecule has 1 aromatic rings. The number of rotatable bonds is 2. The van der Waals surface area contributed by atoms with Crippen LogP contribution in [0.2, 0.25) is 0 Å². The lowest BCUT2D eigenvalue weighted by Crippen LogP contribution is -2.08. The Kier molecular flexibility index (Phi) is 2.93. The van der Waals surface area contributed by atoms with Crippen molar-refractivity contribution in [3.05, 3.63) is 41.5 Å². The highest BCUT2D eigenvalue weighted by Crippen LogP contribution is 2.33. The zero-order valence-electron chi connectivity index (χ0n) is 7.24. The molecule has 4 heteroatoms. The van der Waals surface area contributed by atoms with E-state index in [1.54, 1.807) is 0 Å². The van der Waals surface area contributed by atoms with Gasteiger partial charge in [-0.15, -0.1) is 0 Å². The second kappa shape index (κ2) is 3.82. The second-order valence-electron chi connectivity index (χ2n) is 2.75. The zero-order valence-corrected chi connectivity index (χ0v) is 7.24. The molecule has 14 heavy (non-hydrogen) atoms. The summed E-state index contributed by atoms with van der Waals surface area (Å²) in [6, 6.07) is 3.42. The van der Waals surface area contributed by atoms with Gasteiger partial charge in [0.05, 0.1) is 5.56 Å². The van der Waals surface area contributed by atoms with Crippen LogP contribution in [0, 0.1) is 0 Å². The van der Waals surface area contributed by atoms with E-state index in [-0.39, 0.29) is 5.56 Å². The van der Waals surface area contributed by atoms with Crippen molar-refractivity contribution in [3.63, 3.8) is 0 Å².